The second-order valence-electron chi connectivity index (χ2n) is 4.74. The van der Waals surface area contributed by atoms with Gasteiger partial charge in [0.15, 0.2) is 0 Å². The Morgan fingerprint density at radius 1 is 0.938 bits per heavy atom. The molecule has 1 aliphatic carbocycles. The Kier molecular flexibility index (Phi) is 2.70. The van der Waals surface area contributed by atoms with Gasteiger partial charge >= 0.3 is 0 Å². The summed E-state index contributed by atoms with van der Waals surface area (Å²) in [5.74, 6) is 0. The first-order valence-electron chi connectivity index (χ1n) is 6.12. The Balaban J connectivity index is 1.77. The van der Waals surface area contributed by atoms with E-state index in [0.29, 0.717) is 0 Å². The van der Waals surface area contributed by atoms with E-state index in [0.717, 1.165) is 24.9 Å². The molecule has 2 fully saturated rings. The summed E-state index contributed by atoms with van der Waals surface area (Å²) in [4.78, 5) is 0. The van der Waals surface area contributed by atoms with Crippen LogP contribution in [0.3, 0.4) is 0 Å². The van der Waals surface area contributed by atoms with Gasteiger partial charge in [-0.15, -0.1) is 0 Å². The minimum absolute atomic E-state index is 0.0867. The minimum Gasteiger partial charge on any atom is -0.341 e. The van der Waals surface area contributed by atoms with Gasteiger partial charge in [-0.2, -0.15) is 0 Å². The quantitative estimate of drug-likeness (QED) is 0.718. The fraction of sp³-hybridized carbons (Fsp3) is 0.500. The van der Waals surface area contributed by atoms with Crippen molar-refractivity contribution in [2.75, 3.05) is 6.61 Å². The number of hydrogen-bond acceptors (Lipinski definition) is 2. The molecule has 1 radical (unpaired) electrons. The third-order valence-corrected chi connectivity index (χ3v) is 3.62. The van der Waals surface area contributed by atoms with E-state index in [-0.39, 0.29) is 5.60 Å². The lowest BCUT2D eigenvalue weighted by Gasteiger charge is -2.37. The summed E-state index contributed by atoms with van der Waals surface area (Å²) in [6.45, 7) is 0.796. The molecule has 0 amide bonds. The van der Waals surface area contributed by atoms with Crippen molar-refractivity contribution >= 4 is 0 Å². The molecule has 1 aromatic carbocycles. The zero-order valence-corrected chi connectivity index (χ0v) is 9.45. The highest BCUT2D eigenvalue weighted by atomic mass is 16.7. The molecule has 2 heteroatoms. The molecule has 1 aliphatic heterocycles. The number of benzene rings is 1. The molecular weight excluding hydrogens is 200 g/mol. The smallest absolute Gasteiger partial charge is 0.256 e. The molecular formula is C14H17O2. The second-order valence-corrected chi connectivity index (χ2v) is 4.74. The standard InChI is InChI=1S/C14H17O2/c1-2-6-12(7-3-1)13-15-11-10-14(16-13)8-4-5-9-14/h1-3,6-7H,4-5,8-11H2. The lowest BCUT2D eigenvalue weighted by molar-refractivity contribution is -0.168. The number of ether oxygens (including phenoxy) is 2. The molecule has 1 aromatic rings. The molecule has 1 heterocycles. The molecule has 3 rings (SSSR count). The fourth-order valence-corrected chi connectivity index (χ4v) is 2.69. The van der Waals surface area contributed by atoms with Gasteiger partial charge in [0.1, 0.15) is 0 Å². The molecule has 85 valence electrons. The molecule has 2 aliphatic rings. The van der Waals surface area contributed by atoms with Crippen LogP contribution in [0.5, 0.6) is 0 Å². The maximum atomic E-state index is 6.12. The summed E-state index contributed by atoms with van der Waals surface area (Å²) in [5.41, 5.74) is 1.15. The Morgan fingerprint density at radius 3 is 2.44 bits per heavy atom. The Hall–Kier alpha value is -0.860. The van der Waals surface area contributed by atoms with Crippen molar-refractivity contribution in [3.8, 4) is 0 Å². The van der Waals surface area contributed by atoms with E-state index >= 15 is 0 Å². The predicted molar refractivity (Wildman–Crippen MR) is 61.6 cm³/mol. The number of hydrogen-bond donors (Lipinski definition) is 0. The van der Waals surface area contributed by atoms with Crippen molar-refractivity contribution < 1.29 is 9.47 Å². The van der Waals surface area contributed by atoms with Crippen molar-refractivity contribution in [3.63, 3.8) is 0 Å². The first kappa shape index (κ1) is 10.3. The Labute approximate surface area is 96.6 Å². The average Bonchev–Trinajstić information content (AvgIpc) is 2.78. The van der Waals surface area contributed by atoms with Gasteiger partial charge in [0.05, 0.1) is 12.2 Å². The van der Waals surface area contributed by atoms with E-state index in [1.165, 1.54) is 25.7 Å². The van der Waals surface area contributed by atoms with E-state index < -0.39 is 0 Å². The average molecular weight is 217 g/mol. The molecule has 1 saturated carbocycles. The molecule has 2 nitrogen and oxygen atoms in total. The van der Waals surface area contributed by atoms with Gasteiger partial charge in [-0.1, -0.05) is 43.2 Å². The third-order valence-electron chi connectivity index (χ3n) is 3.62. The first-order chi connectivity index (χ1) is 7.88. The van der Waals surface area contributed by atoms with Crippen LogP contribution in [0, 0.1) is 6.29 Å². The highest BCUT2D eigenvalue weighted by Gasteiger charge is 2.41. The van der Waals surface area contributed by atoms with Crippen LogP contribution in [0.25, 0.3) is 0 Å². The summed E-state index contributed by atoms with van der Waals surface area (Å²) >= 11 is 0. The summed E-state index contributed by atoms with van der Waals surface area (Å²) in [6, 6.07) is 10.1. The Morgan fingerprint density at radius 2 is 1.69 bits per heavy atom. The highest BCUT2D eigenvalue weighted by molar-refractivity contribution is 5.24. The van der Waals surface area contributed by atoms with E-state index in [9.17, 15) is 0 Å². The monoisotopic (exact) mass is 217 g/mol. The second kappa shape index (κ2) is 4.19. The van der Waals surface area contributed by atoms with Gasteiger partial charge in [0, 0.05) is 12.0 Å². The van der Waals surface area contributed by atoms with Crippen LogP contribution in [0.2, 0.25) is 0 Å². The van der Waals surface area contributed by atoms with Crippen molar-refractivity contribution in [3.05, 3.63) is 42.2 Å². The van der Waals surface area contributed by atoms with Crippen molar-refractivity contribution in [1.29, 1.82) is 0 Å². The molecule has 0 N–H and O–H groups in total. The maximum Gasteiger partial charge on any atom is 0.256 e. The zero-order chi connectivity index (χ0) is 10.8. The summed E-state index contributed by atoms with van der Waals surface area (Å²) in [7, 11) is 0. The van der Waals surface area contributed by atoms with Crippen LogP contribution < -0.4 is 0 Å². The third kappa shape index (κ3) is 1.87. The van der Waals surface area contributed by atoms with Crippen molar-refractivity contribution in [2.45, 2.75) is 37.7 Å². The lowest BCUT2D eigenvalue weighted by Crippen LogP contribution is -2.38. The van der Waals surface area contributed by atoms with Crippen LogP contribution in [0.4, 0.5) is 0 Å². The summed E-state index contributed by atoms with van der Waals surface area (Å²) < 4.78 is 11.8. The number of rotatable bonds is 1. The van der Waals surface area contributed by atoms with Crippen molar-refractivity contribution in [1.82, 2.24) is 0 Å². The molecule has 1 saturated heterocycles. The van der Waals surface area contributed by atoms with Gasteiger partial charge in [-0.3, -0.25) is 0 Å². The van der Waals surface area contributed by atoms with E-state index in [1.807, 2.05) is 30.3 Å². The van der Waals surface area contributed by atoms with E-state index in [4.69, 9.17) is 9.47 Å². The maximum absolute atomic E-state index is 6.12. The summed E-state index contributed by atoms with van der Waals surface area (Å²) in [6.07, 6.45) is 6.74. The van der Waals surface area contributed by atoms with E-state index in [1.54, 1.807) is 0 Å². The lowest BCUT2D eigenvalue weighted by atomic mass is 9.97. The Bertz CT molecular complexity index is 341. The molecule has 0 unspecified atom stereocenters. The predicted octanol–water partition coefficient (Wildman–Crippen LogP) is 3.27. The molecule has 0 bridgehead atoms. The van der Waals surface area contributed by atoms with Gasteiger partial charge < -0.3 is 9.47 Å². The van der Waals surface area contributed by atoms with Crippen LogP contribution >= 0.6 is 0 Å². The molecule has 0 atom stereocenters. The topological polar surface area (TPSA) is 18.5 Å². The van der Waals surface area contributed by atoms with Gasteiger partial charge in [-0.25, -0.2) is 0 Å². The van der Waals surface area contributed by atoms with Gasteiger partial charge in [-0.05, 0) is 12.8 Å². The fourth-order valence-electron chi connectivity index (χ4n) is 2.69. The van der Waals surface area contributed by atoms with Gasteiger partial charge in [0.25, 0.3) is 6.29 Å². The largest absolute Gasteiger partial charge is 0.341 e. The SMILES string of the molecule is c1ccc([C]2OCCC3(CCCC3)O2)cc1. The zero-order valence-electron chi connectivity index (χ0n) is 9.45. The highest BCUT2D eigenvalue weighted by Crippen LogP contribution is 2.42. The van der Waals surface area contributed by atoms with Gasteiger partial charge in [0.2, 0.25) is 0 Å². The minimum atomic E-state index is 0.0867. The van der Waals surface area contributed by atoms with Crippen LogP contribution in [0.15, 0.2) is 30.3 Å². The van der Waals surface area contributed by atoms with Crippen molar-refractivity contribution in [2.24, 2.45) is 0 Å². The van der Waals surface area contributed by atoms with Crippen LogP contribution in [0.1, 0.15) is 37.7 Å². The normalized spacial score (nSPS) is 25.0. The molecule has 0 aromatic heterocycles. The molecule has 16 heavy (non-hydrogen) atoms. The van der Waals surface area contributed by atoms with Crippen LogP contribution in [-0.4, -0.2) is 12.2 Å². The summed E-state index contributed by atoms with van der Waals surface area (Å²) in [5, 5.41) is 0. The molecule has 1 spiro atoms. The van der Waals surface area contributed by atoms with E-state index in [2.05, 4.69) is 0 Å². The van der Waals surface area contributed by atoms with Crippen LogP contribution in [-0.2, 0) is 9.47 Å². The first-order valence-corrected chi connectivity index (χ1v) is 6.12.